The lowest BCUT2D eigenvalue weighted by molar-refractivity contribution is 0.688. The van der Waals surface area contributed by atoms with Crippen LogP contribution in [0.1, 0.15) is 24.9 Å². The Hall–Kier alpha value is -2.53. The van der Waals surface area contributed by atoms with Crippen molar-refractivity contribution in [1.29, 1.82) is 0 Å². The number of benzene rings is 2. The van der Waals surface area contributed by atoms with Crippen molar-refractivity contribution in [2.75, 3.05) is 0 Å². The van der Waals surface area contributed by atoms with Crippen molar-refractivity contribution in [3.63, 3.8) is 0 Å². The third kappa shape index (κ3) is 2.83. The maximum absolute atomic E-state index is 6.07. The summed E-state index contributed by atoms with van der Waals surface area (Å²) in [5, 5.41) is 12.7. The first-order valence-electron chi connectivity index (χ1n) is 6.99. The van der Waals surface area contributed by atoms with Gasteiger partial charge in [0.05, 0.1) is 5.69 Å². The van der Waals surface area contributed by atoms with E-state index in [2.05, 4.69) is 22.3 Å². The molecule has 21 heavy (non-hydrogen) atoms. The fraction of sp³-hybridized carbons (Fsp3) is 0.188. The van der Waals surface area contributed by atoms with Crippen LogP contribution in [-0.2, 0) is 0 Å². The number of aromatic nitrogens is 4. The van der Waals surface area contributed by atoms with Gasteiger partial charge in [0.1, 0.15) is 0 Å². The van der Waals surface area contributed by atoms with E-state index in [1.807, 2.05) is 54.6 Å². The van der Waals surface area contributed by atoms with Crippen LogP contribution in [0.15, 0.2) is 54.6 Å². The van der Waals surface area contributed by atoms with Gasteiger partial charge in [0.2, 0.25) is 5.82 Å². The SMILES string of the molecule is CCC(N)c1cccc(-n2nnc(-c3ccccc3)n2)c1. The Kier molecular flexibility index (Phi) is 3.75. The molecule has 2 N–H and O–H groups in total. The zero-order valence-electron chi connectivity index (χ0n) is 11.8. The topological polar surface area (TPSA) is 69.6 Å². The van der Waals surface area contributed by atoms with E-state index in [1.54, 1.807) is 0 Å². The van der Waals surface area contributed by atoms with Gasteiger partial charge in [-0.1, -0.05) is 49.4 Å². The van der Waals surface area contributed by atoms with Gasteiger partial charge < -0.3 is 5.73 Å². The van der Waals surface area contributed by atoms with Gasteiger partial charge in [-0.25, -0.2) is 0 Å². The van der Waals surface area contributed by atoms with Crippen LogP contribution in [0.2, 0.25) is 0 Å². The molecule has 1 heterocycles. The first-order chi connectivity index (χ1) is 10.3. The summed E-state index contributed by atoms with van der Waals surface area (Å²) in [6.45, 7) is 2.07. The molecule has 1 aromatic heterocycles. The average molecular weight is 279 g/mol. The molecule has 0 aliphatic carbocycles. The summed E-state index contributed by atoms with van der Waals surface area (Å²) in [5.41, 5.74) is 8.97. The molecule has 106 valence electrons. The molecule has 0 amide bonds. The molecular formula is C16H17N5. The molecule has 0 aliphatic heterocycles. The van der Waals surface area contributed by atoms with Crippen molar-refractivity contribution in [2.24, 2.45) is 5.73 Å². The first-order valence-corrected chi connectivity index (χ1v) is 6.99. The molecule has 0 radical (unpaired) electrons. The second-order valence-corrected chi connectivity index (χ2v) is 4.88. The van der Waals surface area contributed by atoms with E-state index < -0.39 is 0 Å². The molecule has 0 saturated heterocycles. The van der Waals surface area contributed by atoms with Crippen LogP contribution < -0.4 is 5.73 Å². The van der Waals surface area contributed by atoms with Gasteiger partial charge in [-0.15, -0.1) is 15.0 Å². The Bertz CT molecular complexity index is 720. The number of tetrazole rings is 1. The molecule has 3 rings (SSSR count). The smallest absolute Gasteiger partial charge is 0.205 e. The highest BCUT2D eigenvalue weighted by atomic mass is 15.6. The van der Waals surface area contributed by atoms with Crippen LogP contribution in [0.5, 0.6) is 0 Å². The van der Waals surface area contributed by atoms with Crippen LogP contribution in [0.4, 0.5) is 0 Å². The van der Waals surface area contributed by atoms with Crippen LogP contribution in [0.25, 0.3) is 17.1 Å². The van der Waals surface area contributed by atoms with Crippen molar-refractivity contribution in [3.8, 4) is 17.1 Å². The normalized spacial score (nSPS) is 12.3. The Morgan fingerprint density at radius 1 is 1.10 bits per heavy atom. The van der Waals surface area contributed by atoms with Gasteiger partial charge in [-0.3, -0.25) is 0 Å². The van der Waals surface area contributed by atoms with Crippen LogP contribution in [-0.4, -0.2) is 20.2 Å². The molecule has 1 atom stereocenters. The van der Waals surface area contributed by atoms with Crippen molar-refractivity contribution >= 4 is 0 Å². The van der Waals surface area contributed by atoms with Crippen molar-refractivity contribution in [3.05, 3.63) is 60.2 Å². The van der Waals surface area contributed by atoms with Gasteiger partial charge in [-0.2, -0.15) is 0 Å². The van der Waals surface area contributed by atoms with E-state index in [1.165, 1.54) is 4.80 Å². The minimum Gasteiger partial charge on any atom is -0.324 e. The average Bonchev–Trinajstić information content (AvgIpc) is 3.05. The number of rotatable bonds is 4. The third-order valence-electron chi connectivity index (χ3n) is 3.41. The summed E-state index contributed by atoms with van der Waals surface area (Å²) >= 11 is 0. The van der Waals surface area contributed by atoms with Crippen molar-refractivity contribution < 1.29 is 0 Å². The molecule has 1 unspecified atom stereocenters. The first kappa shape index (κ1) is 13.5. The van der Waals surface area contributed by atoms with Gasteiger partial charge in [0.15, 0.2) is 0 Å². The molecule has 5 heteroatoms. The minimum atomic E-state index is 0.0297. The van der Waals surface area contributed by atoms with E-state index in [0.29, 0.717) is 5.82 Å². The molecule has 0 spiro atoms. The second kappa shape index (κ2) is 5.85. The predicted octanol–water partition coefficient (Wildman–Crippen LogP) is 2.74. The van der Waals surface area contributed by atoms with Crippen LogP contribution in [0.3, 0.4) is 0 Å². The summed E-state index contributed by atoms with van der Waals surface area (Å²) in [7, 11) is 0. The van der Waals surface area contributed by atoms with Gasteiger partial charge in [0.25, 0.3) is 0 Å². The number of nitrogens with zero attached hydrogens (tertiary/aromatic N) is 4. The van der Waals surface area contributed by atoms with Crippen molar-refractivity contribution in [2.45, 2.75) is 19.4 Å². The van der Waals surface area contributed by atoms with E-state index >= 15 is 0 Å². The van der Waals surface area contributed by atoms with E-state index in [9.17, 15) is 0 Å². The summed E-state index contributed by atoms with van der Waals surface area (Å²) in [6.07, 6.45) is 0.892. The van der Waals surface area contributed by atoms with Gasteiger partial charge in [0, 0.05) is 11.6 Å². The number of nitrogens with two attached hydrogens (primary N) is 1. The molecular weight excluding hydrogens is 262 g/mol. The third-order valence-corrected chi connectivity index (χ3v) is 3.41. The summed E-state index contributed by atoms with van der Waals surface area (Å²) < 4.78 is 0. The second-order valence-electron chi connectivity index (χ2n) is 4.88. The van der Waals surface area contributed by atoms with Gasteiger partial charge >= 0.3 is 0 Å². The predicted molar refractivity (Wildman–Crippen MR) is 81.8 cm³/mol. The molecule has 0 saturated carbocycles. The summed E-state index contributed by atoms with van der Waals surface area (Å²) in [5.74, 6) is 0.612. The monoisotopic (exact) mass is 279 g/mol. The highest BCUT2D eigenvalue weighted by molar-refractivity contribution is 5.53. The number of hydrogen-bond acceptors (Lipinski definition) is 4. The molecule has 0 fully saturated rings. The van der Waals surface area contributed by atoms with Crippen molar-refractivity contribution in [1.82, 2.24) is 20.2 Å². The lowest BCUT2D eigenvalue weighted by atomic mass is 10.1. The standard InChI is InChI=1S/C16H17N5/c1-2-15(17)13-9-6-10-14(11-13)21-19-16(18-20-21)12-7-4-3-5-8-12/h3-11,15H,2,17H2,1H3. The Labute approximate surface area is 123 Å². The fourth-order valence-electron chi connectivity index (χ4n) is 2.14. The molecule has 0 aliphatic rings. The van der Waals surface area contributed by atoms with E-state index in [4.69, 9.17) is 5.73 Å². The van der Waals surface area contributed by atoms with E-state index in [0.717, 1.165) is 23.2 Å². The highest BCUT2D eigenvalue weighted by Gasteiger charge is 2.09. The lowest BCUT2D eigenvalue weighted by Gasteiger charge is -2.09. The molecule has 3 aromatic rings. The largest absolute Gasteiger partial charge is 0.324 e. The van der Waals surface area contributed by atoms with E-state index in [-0.39, 0.29) is 6.04 Å². The molecule has 5 nitrogen and oxygen atoms in total. The Morgan fingerprint density at radius 3 is 2.67 bits per heavy atom. The Balaban J connectivity index is 1.93. The maximum Gasteiger partial charge on any atom is 0.205 e. The zero-order valence-corrected chi connectivity index (χ0v) is 11.8. The zero-order chi connectivity index (χ0) is 14.7. The highest BCUT2D eigenvalue weighted by Crippen LogP contribution is 2.18. The van der Waals surface area contributed by atoms with Crippen LogP contribution in [0, 0.1) is 0 Å². The maximum atomic E-state index is 6.07. The fourth-order valence-corrected chi connectivity index (χ4v) is 2.14. The quantitative estimate of drug-likeness (QED) is 0.797. The summed E-state index contributed by atoms with van der Waals surface area (Å²) in [4.78, 5) is 1.54. The van der Waals surface area contributed by atoms with Crippen LogP contribution >= 0.6 is 0 Å². The lowest BCUT2D eigenvalue weighted by Crippen LogP contribution is -2.09. The molecule has 0 bridgehead atoms. The minimum absolute atomic E-state index is 0.0297. The Morgan fingerprint density at radius 2 is 1.90 bits per heavy atom. The van der Waals surface area contributed by atoms with Gasteiger partial charge in [-0.05, 0) is 29.3 Å². The number of hydrogen-bond donors (Lipinski definition) is 1. The summed E-state index contributed by atoms with van der Waals surface area (Å²) in [6, 6.07) is 17.8. The molecule has 2 aromatic carbocycles.